The quantitative estimate of drug-likeness (QED) is 0.0504. The minimum absolute atomic E-state index is 0.0333. The van der Waals surface area contributed by atoms with E-state index in [4.69, 9.17) is 47.9 Å². The van der Waals surface area contributed by atoms with Crippen molar-refractivity contribution in [3.63, 3.8) is 0 Å². The Hall–Kier alpha value is -6.29. The zero-order valence-electron chi connectivity index (χ0n) is 32.3. The molecule has 8 aromatic rings. The Morgan fingerprint density at radius 2 is 1.27 bits per heavy atom. The number of phenols is 5. The number of fused-ring (bicyclic) bond motifs is 5. The molecule has 1 unspecified atom stereocenters. The molecule has 0 fully saturated rings. The maximum absolute atomic E-state index is 14.4. The van der Waals surface area contributed by atoms with Gasteiger partial charge < -0.3 is 44.0 Å². The van der Waals surface area contributed by atoms with Crippen LogP contribution in [-0.2, 0) is 37.1 Å². The highest BCUT2D eigenvalue weighted by Crippen LogP contribution is 2.53. The number of para-hydroxylation sites is 1. The van der Waals surface area contributed by atoms with Crippen molar-refractivity contribution in [2.24, 2.45) is 0 Å². The van der Waals surface area contributed by atoms with E-state index in [1.54, 1.807) is 72.8 Å². The predicted molar refractivity (Wildman–Crippen MR) is 237 cm³/mol. The molecule has 0 aliphatic rings. The molecule has 1 atom stereocenters. The molecule has 2 aromatic heterocycles. The molecular formula is C45H35Cl3N2O11S. The second-order valence-electron chi connectivity index (χ2n) is 14.3. The number of aryl methyl sites for hydroxylation is 2. The van der Waals surface area contributed by atoms with Gasteiger partial charge in [-0.2, -0.15) is 8.42 Å². The molecule has 0 aliphatic carbocycles. The first-order valence-corrected chi connectivity index (χ1v) is 21.2. The van der Waals surface area contributed by atoms with Crippen LogP contribution in [0.15, 0.2) is 115 Å². The zero-order chi connectivity index (χ0) is 44.1. The molecule has 318 valence electrons. The number of H-pyrrole nitrogens is 1. The summed E-state index contributed by atoms with van der Waals surface area (Å²) in [5.74, 6) is -2.38. The first-order chi connectivity index (χ1) is 29.5. The van der Waals surface area contributed by atoms with Crippen LogP contribution in [0.1, 0.15) is 22.7 Å². The van der Waals surface area contributed by atoms with Crippen molar-refractivity contribution in [1.82, 2.24) is 9.55 Å². The summed E-state index contributed by atoms with van der Waals surface area (Å²) in [4.78, 5) is 17.6. The van der Waals surface area contributed by atoms with Crippen molar-refractivity contribution in [2.45, 2.75) is 22.7 Å². The molecule has 0 bridgehead atoms. The Balaban J connectivity index is 1.57. The summed E-state index contributed by atoms with van der Waals surface area (Å²) in [5, 5.41) is 55.3. The maximum Gasteiger partial charge on any atom is 0.449 e. The Bertz CT molecular complexity index is 3090. The van der Waals surface area contributed by atoms with E-state index in [1.165, 1.54) is 49.6 Å². The van der Waals surface area contributed by atoms with Crippen molar-refractivity contribution in [1.29, 1.82) is 0 Å². The van der Waals surface area contributed by atoms with Gasteiger partial charge in [0.1, 0.15) is 41.3 Å². The van der Waals surface area contributed by atoms with Gasteiger partial charge in [-0.3, -0.25) is 4.79 Å². The SMILES string of the molecule is COC(=O)C(c1ccc(O)cc1)c1c(-c2ccc(O)cc2)c2c3c([nH]c4c(OS(=O)(=O)OCC(Cl)(Cl)Cl)cccc43)c(O)c(-c3ccc(O)cc3)c2n1CCc1ccc(O)cc1. The van der Waals surface area contributed by atoms with Gasteiger partial charge in [-0.25, -0.2) is 4.18 Å². The number of hydrogen-bond acceptors (Lipinski definition) is 11. The van der Waals surface area contributed by atoms with Gasteiger partial charge in [-0.1, -0.05) is 95.5 Å². The van der Waals surface area contributed by atoms with Gasteiger partial charge in [0.05, 0.1) is 29.2 Å². The number of nitrogens with one attached hydrogen (secondary N) is 1. The average Bonchev–Trinajstić information content (AvgIpc) is 3.78. The molecule has 0 radical (unpaired) electrons. The number of halogens is 3. The van der Waals surface area contributed by atoms with Crippen molar-refractivity contribution in [3.8, 4) is 56.8 Å². The molecule has 0 spiro atoms. The number of carbonyl (C=O) groups is 1. The second kappa shape index (κ2) is 16.5. The summed E-state index contributed by atoms with van der Waals surface area (Å²) in [6.07, 6.45) is 0.349. The lowest BCUT2D eigenvalue weighted by atomic mass is 9.88. The molecule has 0 saturated heterocycles. The van der Waals surface area contributed by atoms with Crippen LogP contribution in [-0.4, -0.2) is 67.0 Å². The van der Waals surface area contributed by atoms with Gasteiger partial charge in [0.25, 0.3) is 0 Å². The standard InChI is InChI=1S/C45H35Cl3N2O11S/c1-59-44(56)36(27-11-19-31(54)20-12-27)41-34(25-7-15-29(52)16-8-25)38-37-32-3-2-4-33(61-62(57,58)60-23-45(46,47)48)39(32)49-40(37)43(55)35(26-9-17-30(53)18-10-26)42(38)50(41)22-21-24-5-13-28(51)14-6-24/h2-20,36,49,51-55H,21-23H2,1H3. The molecule has 6 N–H and O–H groups in total. The number of aromatic hydroxyl groups is 5. The lowest BCUT2D eigenvalue weighted by molar-refractivity contribution is -0.141. The number of carbonyl (C=O) groups excluding carboxylic acids is 1. The summed E-state index contributed by atoms with van der Waals surface area (Å²) >= 11 is 17.3. The summed E-state index contributed by atoms with van der Waals surface area (Å²) in [6.45, 7) is -0.676. The fourth-order valence-electron chi connectivity index (χ4n) is 7.80. The van der Waals surface area contributed by atoms with Crippen LogP contribution >= 0.6 is 34.8 Å². The number of nitrogens with zero attached hydrogens (tertiary/aromatic N) is 1. The minimum Gasteiger partial charge on any atom is -0.508 e. The summed E-state index contributed by atoms with van der Waals surface area (Å²) in [6, 6.07) is 29.9. The van der Waals surface area contributed by atoms with Crippen LogP contribution < -0.4 is 4.18 Å². The van der Waals surface area contributed by atoms with Crippen LogP contribution in [0.4, 0.5) is 0 Å². The van der Waals surface area contributed by atoms with Gasteiger partial charge in [0.2, 0.25) is 3.79 Å². The van der Waals surface area contributed by atoms with Crippen LogP contribution in [0, 0.1) is 0 Å². The Morgan fingerprint density at radius 3 is 1.84 bits per heavy atom. The van der Waals surface area contributed by atoms with Crippen LogP contribution in [0.3, 0.4) is 0 Å². The van der Waals surface area contributed by atoms with E-state index >= 15 is 0 Å². The van der Waals surface area contributed by atoms with Gasteiger partial charge in [0.15, 0.2) is 5.75 Å². The van der Waals surface area contributed by atoms with E-state index < -0.39 is 32.7 Å². The van der Waals surface area contributed by atoms with Gasteiger partial charge in [0, 0.05) is 34.0 Å². The lowest BCUT2D eigenvalue weighted by Gasteiger charge is -2.22. The Morgan fingerprint density at radius 1 is 0.726 bits per heavy atom. The Labute approximate surface area is 368 Å². The highest BCUT2D eigenvalue weighted by molar-refractivity contribution is 7.82. The number of rotatable bonds is 12. The third-order valence-electron chi connectivity index (χ3n) is 10.4. The van der Waals surface area contributed by atoms with E-state index in [9.17, 15) is 38.7 Å². The molecule has 13 nitrogen and oxygen atoms in total. The monoisotopic (exact) mass is 916 g/mol. The highest BCUT2D eigenvalue weighted by Gasteiger charge is 2.36. The number of ether oxygens (including phenoxy) is 1. The Kier molecular flexibility index (Phi) is 11.3. The normalized spacial score (nSPS) is 12.6. The predicted octanol–water partition coefficient (Wildman–Crippen LogP) is 9.70. The third-order valence-corrected chi connectivity index (χ3v) is 11.5. The first-order valence-electron chi connectivity index (χ1n) is 18.8. The number of benzene rings is 6. The number of aromatic nitrogens is 2. The fourth-order valence-corrected chi connectivity index (χ4v) is 8.88. The average molecular weight is 918 g/mol. The number of methoxy groups -OCH3 is 1. The largest absolute Gasteiger partial charge is 0.508 e. The number of aromatic amines is 1. The number of hydrogen-bond donors (Lipinski definition) is 6. The lowest BCUT2D eigenvalue weighted by Crippen LogP contribution is -2.21. The molecule has 0 saturated carbocycles. The molecular weight excluding hydrogens is 883 g/mol. The summed E-state index contributed by atoms with van der Waals surface area (Å²) in [5.41, 5.74) is 4.11. The van der Waals surface area contributed by atoms with Crippen molar-refractivity contribution in [2.75, 3.05) is 13.7 Å². The van der Waals surface area contributed by atoms with Gasteiger partial charge in [-0.15, -0.1) is 0 Å². The van der Waals surface area contributed by atoms with Crippen molar-refractivity contribution < 1.29 is 51.8 Å². The van der Waals surface area contributed by atoms with E-state index in [0.717, 1.165) is 5.56 Å². The first kappa shape index (κ1) is 42.4. The van der Waals surface area contributed by atoms with Crippen molar-refractivity contribution >= 4 is 83.9 Å². The molecule has 0 aliphatic heterocycles. The zero-order valence-corrected chi connectivity index (χ0v) is 35.4. The molecule has 2 heterocycles. The molecule has 17 heteroatoms. The molecule has 8 rings (SSSR count). The number of phenolic OH excluding ortho intramolecular Hbond substituents is 5. The van der Waals surface area contributed by atoms with E-state index in [-0.39, 0.29) is 57.6 Å². The number of alkyl halides is 3. The maximum atomic E-state index is 14.4. The minimum atomic E-state index is -4.83. The van der Waals surface area contributed by atoms with Gasteiger partial charge >= 0.3 is 16.4 Å². The fraction of sp³-hybridized carbons (Fsp3) is 0.133. The summed E-state index contributed by atoms with van der Waals surface area (Å²) < 4.78 is 41.8. The van der Waals surface area contributed by atoms with Crippen LogP contribution in [0.2, 0.25) is 0 Å². The summed E-state index contributed by atoms with van der Waals surface area (Å²) in [7, 11) is -3.57. The number of esters is 1. The van der Waals surface area contributed by atoms with Crippen LogP contribution in [0.5, 0.6) is 34.5 Å². The second-order valence-corrected chi connectivity index (χ2v) is 18.1. The van der Waals surface area contributed by atoms with Crippen molar-refractivity contribution in [3.05, 3.63) is 132 Å². The van der Waals surface area contributed by atoms with Crippen LogP contribution in [0.25, 0.3) is 55.0 Å². The van der Waals surface area contributed by atoms with Gasteiger partial charge in [-0.05, 0) is 83.3 Å². The van der Waals surface area contributed by atoms with E-state index in [2.05, 4.69) is 4.98 Å². The molecule has 0 amide bonds. The van der Waals surface area contributed by atoms with E-state index in [0.29, 0.717) is 56.0 Å². The molecule has 6 aromatic carbocycles. The van der Waals surface area contributed by atoms with E-state index in [1.807, 2.05) is 4.57 Å². The topological polar surface area (TPSA) is 201 Å². The third kappa shape index (κ3) is 8.22. The molecule has 62 heavy (non-hydrogen) atoms. The smallest absolute Gasteiger partial charge is 0.449 e. The highest BCUT2D eigenvalue weighted by atomic mass is 35.6.